The van der Waals surface area contributed by atoms with Crippen LogP contribution in [0.25, 0.3) is 0 Å². The predicted octanol–water partition coefficient (Wildman–Crippen LogP) is 4.51. The first-order valence-corrected chi connectivity index (χ1v) is 6.73. The summed E-state index contributed by atoms with van der Waals surface area (Å²) in [6.45, 7) is 3.21. The Morgan fingerprint density at radius 2 is 1.82 bits per heavy atom. The molecule has 0 saturated heterocycles. The number of nitrogens with zero attached hydrogens (tertiary/aromatic N) is 1. The van der Waals surface area contributed by atoms with E-state index in [1.807, 2.05) is 0 Å². The Balaban J connectivity index is 2.18. The molecule has 86 valence electrons. The van der Waals surface area contributed by atoms with Crippen LogP contribution in [0.3, 0.4) is 0 Å². The molecular formula is C15H14BrN. The summed E-state index contributed by atoms with van der Waals surface area (Å²) in [7, 11) is 0. The van der Waals surface area contributed by atoms with Gasteiger partial charge < -0.3 is 4.90 Å². The third-order valence-electron chi connectivity index (χ3n) is 3.31. The van der Waals surface area contributed by atoms with E-state index in [2.05, 4.69) is 70.2 Å². The molecule has 2 heteroatoms. The van der Waals surface area contributed by atoms with Crippen molar-refractivity contribution < 1.29 is 0 Å². The molecule has 17 heavy (non-hydrogen) atoms. The lowest BCUT2D eigenvalue weighted by Crippen LogP contribution is -2.22. The molecule has 0 atom stereocenters. The zero-order chi connectivity index (χ0) is 11.8. The smallest absolute Gasteiger partial charge is 0.0447 e. The molecule has 0 fully saturated rings. The van der Waals surface area contributed by atoms with Crippen molar-refractivity contribution in [2.24, 2.45) is 0 Å². The first-order chi connectivity index (χ1) is 8.29. The van der Waals surface area contributed by atoms with Crippen molar-refractivity contribution in [2.45, 2.75) is 13.3 Å². The fourth-order valence-corrected chi connectivity index (χ4v) is 2.97. The van der Waals surface area contributed by atoms with Gasteiger partial charge in [-0.15, -0.1) is 0 Å². The maximum Gasteiger partial charge on any atom is 0.0447 e. The molecule has 2 aromatic carbocycles. The van der Waals surface area contributed by atoms with Gasteiger partial charge in [-0.25, -0.2) is 0 Å². The van der Waals surface area contributed by atoms with Crippen LogP contribution >= 0.6 is 15.9 Å². The van der Waals surface area contributed by atoms with Crippen molar-refractivity contribution in [1.82, 2.24) is 0 Å². The number of benzene rings is 2. The van der Waals surface area contributed by atoms with E-state index in [1.165, 1.54) is 22.5 Å². The number of fused-ring (bicyclic) bond motifs is 2. The maximum absolute atomic E-state index is 3.55. The van der Waals surface area contributed by atoms with Crippen LogP contribution in [0, 0.1) is 0 Å². The molecule has 0 saturated carbocycles. The molecular weight excluding hydrogens is 274 g/mol. The van der Waals surface area contributed by atoms with Gasteiger partial charge in [0.05, 0.1) is 0 Å². The molecule has 1 heterocycles. The summed E-state index contributed by atoms with van der Waals surface area (Å²) in [4.78, 5) is 2.39. The Labute approximate surface area is 110 Å². The average Bonchev–Trinajstić information content (AvgIpc) is 2.35. The second-order valence-electron chi connectivity index (χ2n) is 4.32. The number of anilines is 2. The molecule has 1 nitrogen and oxygen atoms in total. The van der Waals surface area contributed by atoms with Gasteiger partial charge in [0, 0.05) is 28.8 Å². The normalized spacial score (nSPS) is 13.2. The van der Waals surface area contributed by atoms with Crippen molar-refractivity contribution in [3.05, 3.63) is 58.1 Å². The number of hydrogen-bond donors (Lipinski definition) is 0. The fraction of sp³-hybridized carbons (Fsp3) is 0.200. The molecule has 0 amide bonds. The predicted molar refractivity (Wildman–Crippen MR) is 76.1 cm³/mol. The van der Waals surface area contributed by atoms with E-state index in [9.17, 15) is 0 Å². The molecule has 0 unspecified atom stereocenters. The Morgan fingerprint density at radius 3 is 2.65 bits per heavy atom. The SMILES string of the molecule is CCN1c2ccccc2Cc2cc(Br)ccc21. The highest BCUT2D eigenvalue weighted by Gasteiger charge is 2.20. The highest BCUT2D eigenvalue weighted by Crippen LogP contribution is 2.39. The summed E-state index contributed by atoms with van der Waals surface area (Å²) in [6, 6.07) is 15.2. The Bertz CT molecular complexity index is 563. The third kappa shape index (κ3) is 1.77. The van der Waals surface area contributed by atoms with Crippen LogP contribution in [-0.2, 0) is 6.42 Å². The first-order valence-electron chi connectivity index (χ1n) is 5.93. The van der Waals surface area contributed by atoms with Crippen LogP contribution in [0.1, 0.15) is 18.1 Å². The van der Waals surface area contributed by atoms with Gasteiger partial charge in [0.25, 0.3) is 0 Å². The summed E-state index contributed by atoms with van der Waals surface area (Å²) in [5.41, 5.74) is 5.51. The van der Waals surface area contributed by atoms with Gasteiger partial charge in [-0.1, -0.05) is 34.1 Å². The van der Waals surface area contributed by atoms with Gasteiger partial charge in [-0.3, -0.25) is 0 Å². The maximum atomic E-state index is 3.55. The minimum absolute atomic E-state index is 1.01. The van der Waals surface area contributed by atoms with Crippen LogP contribution < -0.4 is 4.90 Å². The van der Waals surface area contributed by atoms with Crippen molar-refractivity contribution in [1.29, 1.82) is 0 Å². The molecule has 0 bridgehead atoms. The van der Waals surface area contributed by atoms with E-state index in [4.69, 9.17) is 0 Å². The fourth-order valence-electron chi connectivity index (χ4n) is 2.56. The van der Waals surface area contributed by atoms with Crippen LogP contribution in [0.5, 0.6) is 0 Å². The zero-order valence-corrected chi connectivity index (χ0v) is 11.4. The molecule has 0 N–H and O–H groups in total. The highest BCUT2D eigenvalue weighted by molar-refractivity contribution is 9.10. The van der Waals surface area contributed by atoms with Crippen molar-refractivity contribution in [3.8, 4) is 0 Å². The van der Waals surface area contributed by atoms with E-state index in [1.54, 1.807) is 0 Å². The van der Waals surface area contributed by atoms with Gasteiger partial charge in [-0.05, 0) is 42.3 Å². The Hall–Kier alpha value is -1.28. The summed E-state index contributed by atoms with van der Waals surface area (Å²) in [5.74, 6) is 0. The van der Waals surface area contributed by atoms with Gasteiger partial charge in [0.15, 0.2) is 0 Å². The standard InChI is InChI=1S/C15H14BrN/c1-2-17-14-6-4-3-5-11(14)9-12-10-13(16)7-8-15(12)17/h3-8,10H,2,9H2,1H3. The summed E-state index contributed by atoms with van der Waals surface area (Å²) in [5, 5.41) is 0. The van der Waals surface area contributed by atoms with Crippen LogP contribution in [0.2, 0.25) is 0 Å². The average molecular weight is 288 g/mol. The molecule has 0 aliphatic carbocycles. The summed E-state index contributed by atoms with van der Waals surface area (Å²) >= 11 is 3.55. The monoisotopic (exact) mass is 287 g/mol. The molecule has 0 aromatic heterocycles. The molecule has 2 aromatic rings. The van der Waals surface area contributed by atoms with Gasteiger partial charge in [0.1, 0.15) is 0 Å². The van der Waals surface area contributed by atoms with E-state index >= 15 is 0 Å². The number of rotatable bonds is 1. The van der Waals surface area contributed by atoms with Crippen molar-refractivity contribution in [2.75, 3.05) is 11.4 Å². The topological polar surface area (TPSA) is 3.24 Å². The lowest BCUT2D eigenvalue weighted by Gasteiger charge is -2.32. The summed E-state index contributed by atoms with van der Waals surface area (Å²) < 4.78 is 1.16. The number of hydrogen-bond acceptors (Lipinski definition) is 1. The minimum Gasteiger partial charge on any atom is -0.341 e. The lowest BCUT2D eigenvalue weighted by atomic mass is 9.96. The zero-order valence-electron chi connectivity index (χ0n) is 9.78. The van der Waals surface area contributed by atoms with E-state index in [-0.39, 0.29) is 0 Å². The molecule has 1 aliphatic heterocycles. The van der Waals surface area contributed by atoms with E-state index in [0.717, 1.165) is 17.4 Å². The van der Waals surface area contributed by atoms with Crippen molar-refractivity contribution in [3.63, 3.8) is 0 Å². The third-order valence-corrected chi connectivity index (χ3v) is 3.81. The van der Waals surface area contributed by atoms with E-state index < -0.39 is 0 Å². The van der Waals surface area contributed by atoms with E-state index in [0.29, 0.717) is 0 Å². The second-order valence-corrected chi connectivity index (χ2v) is 5.24. The van der Waals surface area contributed by atoms with Crippen LogP contribution in [0.4, 0.5) is 11.4 Å². The largest absolute Gasteiger partial charge is 0.341 e. The molecule has 1 aliphatic rings. The first kappa shape index (κ1) is 10.8. The molecule has 3 rings (SSSR count). The Kier molecular flexibility index (Phi) is 2.67. The number of halogens is 1. The molecule has 0 spiro atoms. The number of para-hydroxylation sites is 1. The molecule has 0 radical (unpaired) electrons. The minimum atomic E-state index is 1.01. The highest BCUT2D eigenvalue weighted by atomic mass is 79.9. The quantitative estimate of drug-likeness (QED) is 0.746. The summed E-state index contributed by atoms with van der Waals surface area (Å²) in [6.07, 6.45) is 1.03. The van der Waals surface area contributed by atoms with Gasteiger partial charge >= 0.3 is 0 Å². The van der Waals surface area contributed by atoms with Crippen molar-refractivity contribution >= 4 is 27.3 Å². The lowest BCUT2D eigenvalue weighted by molar-refractivity contribution is 0.960. The second kappa shape index (κ2) is 4.19. The van der Waals surface area contributed by atoms with Gasteiger partial charge in [0.2, 0.25) is 0 Å². The van der Waals surface area contributed by atoms with Gasteiger partial charge in [-0.2, -0.15) is 0 Å². The van der Waals surface area contributed by atoms with Crippen LogP contribution in [-0.4, -0.2) is 6.54 Å². The van der Waals surface area contributed by atoms with Crippen LogP contribution in [0.15, 0.2) is 46.9 Å². The Morgan fingerprint density at radius 1 is 1.06 bits per heavy atom.